The zero-order valence-electron chi connectivity index (χ0n) is 10.5. The zero-order valence-corrected chi connectivity index (χ0v) is 12.0. The molecule has 0 bridgehead atoms. The molecule has 2 nitrogen and oxygen atoms in total. The number of hydrogen-bond acceptors (Lipinski definition) is 2. The minimum absolute atomic E-state index is 0.131. The molecular formula is C14H12Cl2FNO. The lowest BCUT2D eigenvalue weighted by molar-refractivity contribution is 0.453. The van der Waals surface area contributed by atoms with E-state index in [1.165, 1.54) is 6.07 Å². The Kier molecular flexibility index (Phi) is 4.27. The molecule has 2 aromatic rings. The fourth-order valence-corrected chi connectivity index (χ4v) is 2.03. The summed E-state index contributed by atoms with van der Waals surface area (Å²) in [5.74, 6) is 0.597. The van der Waals surface area contributed by atoms with Gasteiger partial charge in [-0.3, -0.25) is 0 Å². The lowest BCUT2D eigenvalue weighted by Crippen LogP contribution is -1.95. The summed E-state index contributed by atoms with van der Waals surface area (Å²) in [5, 5.41) is 0.706. The Balaban J connectivity index is 2.36. The Morgan fingerprint density at radius 3 is 2.42 bits per heavy atom. The molecule has 1 heterocycles. The summed E-state index contributed by atoms with van der Waals surface area (Å²) >= 11 is 11.8. The summed E-state index contributed by atoms with van der Waals surface area (Å²) in [6, 6.07) is 4.92. The molecule has 0 amide bonds. The van der Waals surface area contributed by atoms with E-state index in [0.717, 1.165) is 17.3 Å². The van der Waals surface area contributed by atoms with Gasteiger partial charge >= 0.3 is 0 Å². The molecule has 0 atom stereocenters. The van der Waals surface area contributed by atoms with Crippen LogP contribution in [0.25, 0.3) is 0 Å². The topological polar surface area (TPSA) is 22.1 Å². The second-order valence-corrected chi connectivity index (χ2v) is 4.87. The van der Waals surface area contributed by atoms with Crippen molar-refractivity contribution in [2.45, 2.75) is 19.7 Å². The zero-order chi connectivity index (χ0) is 14.0. The maximum absolute atomic E-state index is 13.1. The van der Waals surface area contributed by atoms with Gasteiger partial charge in [0.25, 0.3) is 0 Å². The third-order valence-electron chi connectivity index (χ3n) is 2.66. The van der Waals surface area contributed by atoms with E-state index in [0.29, 0.717) is 22.2 Å². The predicted molar refractivity (Wildman–Crippen MR) is 74.8 cm³/mol. The Hall–Kier alpha value is -1.32. The molecule has 0 aliphatic heterocycles. The first-order valence-corrected chi connectivity index (χ1v) is 6.57. The molecule has 0 aliphatic rings. The van der Waals surface area contributed by atoms with Gasteiger partial charge in [-0.1, -0.05) is 11.6 Å². The molecule has 0 aliphatic carbocycles. The van der Waals surface area contributed by atoms with Crippen molar-refractivity contribution in [2.75, 3.05) is 0 Å². The van der Waals surface area contributed by atoms with Crippen LogP contribution >= 0.6 is 23.2 Å². The van der Waals surface area contributed by atoms with Crippen molar-refractivity contribution in [3.63, 3.8) is 0 Å². The average Bonchev–Trinajstić information content (AvgIpc) is 2.38. The van der Waals surface area contributed by atoms with E-state index in [1.54, 1.807) is 12.1 Å². The third kappa shape index (κ3) is 3.17. The SMILES string of the molecule is Cc1cc(Oc2ncc(F)cc2CCl)cc(C)c1Cl. The van der Waals surface area contributed by atoms with Gasteiger partial charge in [-0.25, -0.2) is 9.37 Å². The standard InChI is InChI=1S/C14H12Cl2FNO/c1-8-3-12(4-9(2)13(8)16)19-14-10(6-15)5-11(17)7-18-14/h3-5,7H,6H2,1-2H3. The number of aromatic nitrogens is 1. The van der Waals surface area contributed by atoms with Crippen LogP contribution in [0.4, 0.5) is 4.39 Å². The fraction of sp³-hybridized carbons (Fsp3) is 0.214. The van der Waals surface area contributed by atoms with E-state index in [-0.39, 0.29) is 5.88 Å². The molecule has 2 rings (SSSR count). The molecular weight excluding hydrogens is 288 g/mol. The van der Waals surface area contributed by atoms with Gasteiger partial charge in [0.2, 0.25) is 5.88 Å². The first kappa shape index (κ1) is 14.1. The van der Waals surface area contributed by atoms with Gasteiger partial charge in [0, 0.05) is 10.6 Å². The third-order valence-corrected chi connectivity index (χ3v) is 3.54. The lowest BCUT2D eigenvalue weighted by Gasteiger charge is -2.11. The number of nitrogens with zero attached hydrogens (tertiary/aromatic N) is 1. The van der Waals surface area contributed by atoms with Crippen LogP contribution in [0.3, 0.4) is 0 Å². The summed E-state index contributed by atoms with van der Waals surface area (Å²) < 4.78 is 18.7. The van der Waals surface area contributed by atoms with Crippen LogP contribution in [0.15, 0.2) is 24.4 Å². The summed E-state index contributed by atoms with van der Waals surface area (Å²) in [5.41, 5.74) is 2.32. The predicted octanol–water partition coefficient (Wildman–Crippen LogP) is 5.02. The highest BCUT2D eigenvalue weighted by Gasteiger charge is 2.10. The highest BCUT2D eigenvalue weighted by molar-refractivity contribution is 6.32. The second kappa shape index (κ2) is 5.76. The average molecular weight is 300 g/mol. The van der Waals surface area contributed by atoms with E-state index >= 15 is 0 Å². The molecule has 0 fully saturated rings. The Morgan fingerprint density at radius 1 is 1.21 bits per heavy atom. The van der Waals surface area contributed by atoms with Crippen molar-refractivity contribution in [1.82, 2.24) is 4.98 Å². The smallest absolute Gasteiger partial charge is 0.223 e. The number of ether oxygens (including phenoxy) is 1. The van der Waals surface area contributed by atoms with Crippen molar-refractivity contribution in [2.24, 2.45) is 0 Å². The minimum atomic E-state index is -0.438. The van der Waals surface area contributed by atoms with Crippen LogP contribution < -0.4 is 4.74 Å². The summed E-state index contributed by atoms with van der Waals surface area (Å²) in [6.07, 6.45) is 1.10. The summed E-state index contributed by atoms with van der Waals surface area (Å²) in [4.78, 5) is 3.91. The molecule has 0 saturated carbocycles. The number of halogens is 3. The van der Waals surface area contributed by atoms with Crippen molar-refractivity contribution in [3.05, 3.63) is 51.9 Å². The van der Waals surface area contributed by atoms with Crippen LogP contribution in [0, 0.1) is 19.7 Å². The number of rotatable bonds is 3. The Bertz CT molecular complexity index is 593. The normalized spacial score (nSPS) is 10.6. The maximum Gasteiger partial charge on any atom is 0.223 e. The molecule has 0 spiro atoms. The minimum Gasteiger partial charge on any atom is -0.439 e. The fourth-order valence-electron chi connectivity index (χ4n) is 1.73. The first-order valence-electron chi connectivity index (χ1n) is 5.66. The van der Waals surface area contributed by atoms with Crippen LogP contribution in [0.5, 0.6) is 11.6 Å². The quantitative estimate of drug-likeness (QED) is 0.742. The van der Waals surface area contributed by atoms with E-state index < -0.39 is 5.82 Å². The van der Waals surface area contributed by atoms with E-state index in [4.69, 9.17) is 27.9 Å². The molecule has 100 valence electrons. The summed E-state index contributed by atoms with van der Waals surface area (Å²) in [6.45, 7) is 3.78. The molecule has 19 heavy (non-hydrogen) atoms. The van der Waals surface area contributed by atoms with Crippen molar-refractivity contribution in [1.29, 1.82) is 0 Å². The van der Waals surface area contributed by atoms with E-state index in [9.17, 15) is 4.39 Å². The van der Waals surface area contributed by atoms with Gasteiger partial charge in [0.15, 0.2) is 0 Å². The Labute approximate surface area is 121 Å². The molecule has 0 unspecified atom stereocenters. The number of pyridine rings is 1. The van der Waals surface area contributed by atoms with Crippen LogP contribution in [0.1, 0.15) is 16.7 Å². The molecule has 0 saturated heterocycles. The summed E-state index contributed by atoms with van der Waals surface area (Å²) in [7, 11) is 0. The number of aryl methyl sites for hydroxylation is 2. The Morgan fingerprint density at radius 2 is 1.84 bits per heavy atom. The van der Waals surface area contributed by atoms with Crippen LogP contribution in [0.2, 0.25) is 5.02 Å². The molecule has 0 radical (unpaired) electrons. The van der Waals surface area contributed by atoms with Crippen molar-refractivity contribution >= 4 is 23.2 Å². The molecule has 0 N–H and O–H groups in total. The monoisotopic (exact) mass is 299 g/mol. The molecule has 1 aromatic carbocycles. The molecule has 1 aromatic heterocycles. The van der Waals surface area contributed by atoms with Crippen molar-refractivity contribution < 1.29 is 9.13 Å². The number of benzene rings is 1. The second-order valence-electron chi connectivity index (χ2n) is 4.22. The largest absolute Gasteiger partial charge is 0.439 e. The first-order chi connectivity index (χ1) is 9.01. The van der Waals surface area contributed by atoms with Gasteiger partial charge in [0.1, 0.15) is 11.6 Å². The maximum atomic E-state index is 13.1. The van der Waals surface area contributed by atoms with E-state index in [1.807, 2.05) is 13.8 Å². The van der Waals surface area contributed by atoms with Gasteiger partial charge in [-0.15, -0.1) is 11.6 Å². The number of alkyl halides is 1. The van der Waals surface area contributed by atoms with Gasteiger partial charge in [0.05, 0.1) is 12.1 Å². The van der Waals surface area contributed by atoms with Gasteiger partial charge in [-0.05, 0) is 43.2 Å². The van der Waals surface area contributed by atoms with E-state index in [2.05, 4.69) is 4.98 Å². The molecule has 5 heteroatoms. The van der Waals surface area contributed by atoms with Gasteiger partial charge < -0.3 is 4.74 Å². The van der Waals surface area contributed by atoms with Gasteiger partial charge in [-0.2, -0.15) is 0 Å². The highest BCUT2D eigenvalue weighted by atomic mass is 35.5. The van der Waals surface area contributed by atoms with Crippen molar-refractivity contribution in [3.8, 4) is 11.6 Å². The number of hydrogen-bond donors (Lipinski definition) is 0. The van der Waals surface area contributed by atoms with Crippen LogP contribution in [-0.4, -0.2) is 4.98 Å². The van der Waals surface area contributed by atoms with Crippen LogP contribution in [-0.2, 0) is 5.88 Å². The lowest BCUT2D eigenvalue weighted by atomic mass is 10.1. The highest BCUT2D eigenvalue weighted by Crippen LogP contribution is 2.30.